The summed E-state index contributed by atoms with van der Waals surface area (Å²) in [4.78, 5) is 11.4. The fourth-order valence-electron chi connectivity index (χ4n) is 0.700. The molecule has 0 saturated heterocycles. The number of ether oxygens (including phenoxy) is 2. The molecule has 0 aliphatic heterocycles. The number of carbonyl (C=O) groups excluding carboxylic acids is 1. The molecule has 1 unspecified atom stereocenters. The van der Waals surface area contributed by atoms with Crippen molar-refractivity contribution in [2.24, 2.45) is 5.41 Å². The maximum atomic E-state index is 11.8. The third kappa shape index (κ3) is 5.95. The van der Waals surface area contributed by atoms with Crippen molar-refractivity contribution in [1.82, 2.24) is 0 Å². The molecule has 0 bridgehead atoms. The van der Waals surface area contributed by atoms with E-state index in [1.165, 1.54) is 6.92 Å². The second kappa shape index (κ2) is 5.52. The molecule has 0 radical (unpaired) electrons. The Morgan fingerprint density at radius 2 is 1.81 bits per heavy atom. The zero-order valence-electron chi connectivity index (χ0n) is 9.85. The molecule has 96 valence electrons. The lowest BCUT2D eigenvalue weighted by Crippen LogP contribution is -2.31. The molecule has 0 N–H and O–H groups in total. The van der Waals surface area contributed by atoms with Gasteiger partial charge in [0.2, 0.25) is 6.29 Å². The summed E-state index contributed by atoms with van der Waals surface area (Å²) in [5.74, 6) is -0.565. The molecule has 0 heterocycles. The highest BCUT2D eigenvalue weighted by Gasteiger charge is 2.32. The Labute approximate surface area is 92.9 Å². The fraction of sp³-hybridized carbons (Fsp3) is 0.900. The number of hydrogen-bond donors (Lipinski definition) is 0. The number of hydrogen-bond acceptors (Lipinski definition) is 3. The minimum absolute atomic E-state index is 0.540. The first-order valence-corrected chi connectivity index (χ1v) is 4.98. The Bertz CT molecular complexity index is 236. The molecule has 0 aliphatic carbocycles. The predicted molar refractivity (Wildman–Crippen MR) is 51.6 cm³/mol. The quantitative estimate of drug-likeness (QED) is 0.549. The Kier molecular flexibility index (Phi) is 5.25. The highest BCUT2D eigenvalue weighted by Crippen LogP contribution is 2.23. The second-order valence-electron chi connectivity index (χ2n) is 4.14. The van der Waals surface area contributed by atoms with E-state index in [2.05, 4.69) is 4.74 Å². The van der Waals surface area contributed by atoms with Gasteiger partial charge in [-0.2, -0.15) is 13.2 Å². The van der Waals surface area contributed by atoms with Crippen LogP contribution in [0.5, 0.6) is 0 Å². The summed E-state index contributed by atoms with van der Waals surface area (Å²) >= 11 is 0. The van der Waals surface area contributed by atoms with Crippen LogP contribution >= 0.6 is 0 Å². The third-order valence-corrected chi connectivity index (χ3v) is 2.19. The van der Waals surface area contributed by atoms with E-state index in [9.17, 15) is 18.0 Å². The van der Waals surface area contributed by atoms with Gasteiger partial charge in [0.05, 0.1) is 5.41 Å². The molecule has 0 spiro atoms. The first kappa shape index (κ1) is 15.2. The van der Waals surface area contributed by atoms with Crippen LogP contribution in [0.25, 0.3) is 0 Å². The van der Waals surface area contributed by atoms with Crippen molar-refractivity contribution in [1.29, 1.82) is 0 Å². The maximum absolute atomic E-state index is 11.8. The van der Waals surface area contributed by atoms with E-state index in [0.29, 0.717) is 6.42 Å². The molecule has 0 aromatic rings. The van der Waals surface area contributed by atoms with E-state index in [1.807, 2.05) is 0 Å². The van der Waals surface area contributed by atoms with E-state index < -0.39 is 30.5 Å². The van der Waals surface area contributed by atoms with Crippen LogP contribution in [0.3, 0.4) is 0 Å². The lowest BCUT2D eigenvalue weighted by Gasteiger charge is -2.23. The van der Waals surface area contributed by atoms with Crippen molar-refractivity contribution in [2.45, 2.75) is 46.6 Å². The lowest BCUT2D eigenvalue weighted by molar-refractivity contribution is -0.227. The number of esters is 1. The highest BCUT2D eigenvalue weighted by molar-refractivity contribution is 5.75. The first-order chi connectivity index (χ1) is 7.08. The van der Waals surface area contributed by atoms with Gasteiger partial charge in [-0.15, -0.1) is 0 Å². The molecule has 0 fully saturated rings. The summed E-state index contributed by atoms with van der Waals surface area (Å²) < 4.78 is 44.5. The summed E-state index contributed by atoms with van der Waals surface area (Å²) in [5.41, 5.74) is -0.712. The lowest BCUT2D eigenvalue weighted by atomic mass is 9.91. The molecular weight excluding hydrogens is 225 g/mol. The average molecular weight is 242 g/mol. The van der Waals surface area contributed by atoms with Crippen LogP contribution in [0.1, 0.15) is 34.1 Å². The van der Waals surface area contributed by atoms with Gasteiger partial charge in [-0.3, -0.25) is 4.79 Å². The van der Waals surface area contributed by atoms with E-state index in [4.69, 9.17) is 4.74 Å². The number of carbonyl (C=O) groups is 1. The van der Waals surface area contributed by atoms with Crippen LogP contribution in [0, 0.1) is 5.41 Å². The largest absolute Gasteiger partial charge is 0.436 e. The van der Waals surface area contributed by atoms with Crippen LogP contribution in [0.4, 0.5) is 13.2 Å². The Hall–Kier alpha value is -0.780. The van der Waals surface area contributed by atoms with E-state index >= 15 is 0 Å². The summed E-state index contributed by atoms with van der Waals surface area (Å²) in [6.07, 6.45) is -5.07. The first-order valence-electron chi connectivity index (χ1n) is 4.98. The van der Waals surface area contributed by atoms with E-state index in [-0.39, 0.29) is 0 Å². The van der Waals surface area contributed by atoms with Crippen molar-refractivity contribution in [3.8, 4) is 0 Å². The van der Waals surface area contributed by atoms with Gasteiger partial charge in [0.25, 0.3) is 0 Å². The number of alkyl halides is 3. The van der Waals surface area contributed by atoms with Gasteiger partial charge < -0.3 is 9.47 Å². The zero-order chi connectivity index (χ0) is 13.0. The molecule has 0 aromatic carbocycles. The molecular formula is C10H17F3O3. The van der Waals surface area contributed by atoms with Crippen LogP contribution in [0.15, 0.2) is 0 Å². The van der Waals surface area contributed by atoms with Gasteiger partial charge >= 0.3 is 12.1 Å². The molecule has 0 saturated carbocycles. The van der Waals surface area contributed by atoms with Gasteiger partial charge in [-0.25, -0.2) is 0 Å². The van der Waals surface area contributed by atoms with Crippen molar-refractivity contribution in [3.63, 3.8) is 0 Å². The predicted octanol–water partition coefficient (Wildman–Crippen LogP) is 2.89. The minimum Gasteiger partial charge on any atom is -0.436 e. The van der Waals surface area contributed by atoms with E-state index in [0.717, 1.165) is 0 Å². The topological polar surface area (TPSA) is 35.5 Å². The molecule has 0 amide bonds. The SMILES string of the molecule is CCC(C)(C)C(=O)OC(C)OCC(F)(F)F. The van der Waals surface area contributed by atoms with Crippen molar-refractivity contribution >= 4 is 5.97 Å². The summed E-state index contributed by atoms with van der Waals surface area (Å²) in [7, 11) is 0. The second-order valence-corrected chi connectivity index (χ2v) is 4.14. The van der Waals surface area contributed by atoms with Crippen LogP contribution < -0.4 is 0 Å². The molecule has 0 aliphatic rings. The molecule has 16 heavy (non-hydrogen) atoms. The Balaban J connectivity index is 4.06. The molecule has 6 heteroatoms. The minimum atomic E-state index is -4.42. The highest BCUT2D eigenvalue weighted by atomic mass is 19.4. The van der Waals surface area contributed by atoms with Gasteiger partial charge in [-0.05, 0) is 27.2 Å². The number of halogens is 3. The van der Waals surface area contributed by atoms with Crippen LogP contribution in [-0.4, -0.2) is 25.0 Å². The van der Waals surface area contributed by atoms with Gasteiger partial charge in [0, 0.05) is 0 Å². The number of rotatable bonds is 5. The van der Waals surface area contributed by atoms with Gasteiger partial charge in [0.15, 0.2) is 0 Å². The van der Waals surface area contributed by atoms with Crippen molar-refractivity contribution in [2.75, 3.05) is 6.61 Å². The third-order valence-electron chi connectivity index (χ3n) is 2.19. The van der Waals surface area contributed by atoms with Gasteiger partial charge in [0.1, 0.15) is 6.61 Å². The Morgan fingerprint density at radius 3 is 2.19 bits per heavy atom. The van der Waals surface area contributed by atoms with Crippen molar-refractivity contribution < 1.29 is 27.4 Å². The molecule has 0 aromatic heterocycles. The molecule has 3 nitrogen and oxygen atoms in total. The molecule has 0 rings (SSSR count). The summed E-state index contributed by atoms with van der Waals surface area (Å²) in [6.45, 7) is 4.95. The standard InChI is InChI=1S/C10H17F3O3/c1-5-9(3,4)8(14)16-7(2)15-6-10(11,12)13/h7H,5-6H2,1-4H3. The Morgan fingerprint density at radius 1 is 1.31 bits per heavy atom. The van der Waals surface area contributed by atoms with Crippen LogP contribution in [0.2, 0.25) is 0 Å². The smallest absolute Gasteiger partial charge is 0.411 e. The van der Waals surface area contributed by atoms with Gasteiger partial charge in [-0.1, -0.05) is 6.92 Å². The normalized spacial score (nSPS) is 14.7. The van der Waals surface area contributed by atoms with E-state index in [1.54, 1.807) is 20.8 Å². The van der Waals surface area contributed by atoms with Crippen LogP contribution in [-0.2, 0) is 14.3 Å². The molecule has 1 atom stereocenters. The summed E-state index contributed by atoms with van der Waals surface area (Å²) in [6, 6.07) is 0. The summed E-state index contributed by atoms with van der Waals surface area (Å²) in [5, 5.41) is 0. The maximum Gasteiger partial charge on any atom is 0.411 e. The van der Waals surface area contributed by atoms with Crippen molar-refractivity contribution in [3.05, 3.63) is 0 Å². The average Bonchev–Trinajstić information content (AvgIpc) is 2.13. The monoisotopic (exact) mass is 242 g/mol. The fourth-order valence-corrected chi connectivity index (χ4v) is 0.700. The zero-order valence-corrected chi connectivity index (χ0v) is 9.85.